The minimum Gasteiger partial charge on any atom is -0.312 e. The van der Waals surface area contributed by atoms with Crippen LogP contribution in [0.2, 0.25) is 0 Å². The van der Waals surface area contributed by atoms with Gasteiger partial charge in [-0.15, -0.1) is 0 Å². The Labute approximate surface area is 130 Å². The highest BCUT2D eigenvalue weighted by Gasteiger charge is 2.34. The summed E-state index contributed by atoms with van der Waals surface area (Å²) in [5.41, 5.74) is 1.41. The SMILES string of the molecule is CCCC1CCN(C(C(C)C)C(NC)c2ccccc2)C1. The van der Waals surface area contributed by atoms with Crippen LogP contribution in [0.15, 0.2) is 30.3 Å². The van der Waals surface area contributed by atoms with Crippen LogP contribution in [0.4, 0.5) is 0 Å². The van der Waals surface area contributed by atoms with Crippen LogP contribution in [0.1, 0.15) is 51.6 Å². The summed E-state index contributed by atoms with van der Waals surface area (Å²) < 4.78 is 0. The summed E-state index contributed by atoms with van der Waals surface area (Å²) in [6, 6.07) is 11.9. The number of likely N-dealkylation sites (N-methyl/N-ethyl adjacent to an activating group) is 1. The number of benzene rings is 1. The van der Waals surface area contributed by atoms with Crippen molar-refractivity contribution >= 4 is 0 Å². The molecule has 3 unspecified atom stereocenters. The lowest BCUT2D eigenvalue weighted by Crippen LogP contribution is -2.46. The second kappa shape index (κ2) is 7.95. The van der Waals surface area contributed by atoms with E-state index < -0.39 is 0 Å². The molecule has 118 valence electrons. The molecule has 2 rings (SSSR count). The fraction of sp³-hybridized carbons (Fsp3) is 0.684. The first-order valence-electron chi connectivity index (χ1n) is 8.63. The summed E-state index contributed by atoms with van der Waals surface area (Å²) in [5.74, 6) is 1.56. The Morgan fingerprint density at radius 2 is 1.95 bits per heavy atom. The molecule has 0 spiro atoms. The number of nitrogens with one attached hydrogen (secondary N) is 1. The first-order valence-corrected chi connectivity index (χ1v) is 8.63. The molecule has 1 aliphatic heterocycles. The average molecular weight is 288 g/mol. The lowest BCUT2D eigenvalue weighted by Gasteiger charge is -2.38. The fourth-order valence-corrected chi connectivity index (χ4v) is 3.99. The first kappa shape index (κ1) is 16.5. The second-order valence-corrected chi connectivity index (χ2v) is 6.85. The molecule has 0 aromatic heterocycles. The number of hydrogen-bond acceptors (Lipinski definition) is 2. The molecule has 1 fully saturated rings. The molecule has 3 atom stereocenters. The molecule has 0 amide bonds. The minimum absolute atomic E-state index is 0.423. The van der Waals surface area contributed by atoms with E-state index in [9.17, 15) is 0 Å². The van der Waals surface area contributed by atoms with Crippen molar-refractivity contribution in [1.29, 1.82) is 0 Å². The molecule has 2 heteroatoms. The van der Waals surface area contributed by atoms with E-state index in [4.69, 9.17) is 0 Å². The molecule has 1 aromatic carbocycles. The Bertz CT molecular complexity index is 401. The predicted molar refractivity (Wildman–Crippen MR) is 91.5 cm³/mol. The van der Waals surface area contributed by atoms with Gasteiger partial charge < -0.3 is 5.32 Å². The summed E-state index contributed by atoms with van der Waals surface area (Å²) in [5, 5.41) is 3.58. The zero-order valence-corrected chi connectivity index (χ0v) is 14.2. The summed E-state index contributed by atoms with van der Waals surface area (Å²) in [4.78, 5) is 2.74. The summed E-state index contributed by atoms with van der Waals surface area (Å²) in [7, 11) is 2.10. The van der Waals surface area contributed by atoms with Crippen molar-refractivity contribution < 1.29 is 0 Å². The molecule has 2 nitrogen and oxygen atoms in total. The topological polar surface area (TPSA) is 15.3 Å². The van der Waals surface area contributed by atoms with Gasteiger partial charge in [-0.25, -0.2) is 0 Å². The van der Waals surface area contributed by atoms with Crippen molar-refractivity contribution in [1.82, 2.24) is 10.2 Å². The maximum atomic E-state index is 3.58. The monoisotopic (exact) mass is 288 g/mol. The van der Waals surface area contributed by atoms with E-state index in [1.807, 2.05) is 0 Å². The Morgan fingerprint density at radius 1 is 1.24 bits per heavy atom. The minimum atomic E-state index is 0.423. The van der Waals surface area contributed by atoms with Gasteiger partial charge in [0.05, 0.1) is 0 Å². The van der Waals surface area contributed by atoms with Gasteiger partial charge in [-0.05, 0) is 43.8 Å². The number of likely N-dealkylation sites (tertiary alicyclic amines) is 1. The van der Waals surface area contributed by atoms with Gasteiger partial charge in [-0.3, -0.25) is 4.90 Å². The van der Waals surface area contributed by atoms with E-state index in [1.54, 1.807) is 0 Å². The van der Waals surface area contributed by atoms with E-state index >= 15 is 0 Å². The van der Waals surface area contributed by atoms with Gasteiger partial charge in [0.15, 0.2) is 0 Å². The van der Waals surface area contributed by atoms with Gasteiger partial charge >= 0.3 is 0 Å². The lowest BCUT2D eigenvalue weighted by molar-refractivity contribution is 0.143. The number of rotatable bonds is 7. The predicted octanol–water partition coefficient (Wildman–Crippen LogP) is 4.09. The molecule has 1 aromatic rings. The molecule has 1 saturated heterocycles. The van der Waals surface area contributed by atoms with Crippen molar-refractivity contribution in [3.8, 4) is 0 Å². The lowest BCUT2D eigenvalue weighted by atomic mass is 9.90. The molecule has 1 N–H and O–H groups in total. The molecule has 1 heterocycles. The standard InChI is InChI=1S/C19H32N2/c1-5-9-16-12-13-21(14-16)19(15(2)3)18(20-4)17-10-7-6-8-11-17/h6-8,10-11,15-16,18-20H,5,9,12-14H2,1-4H3. The van der Waals surface area contributed by atoms with Gasteiger partial charge in [-0.2, -0.15) is 0 Å². The molecule has 21 heavy (non-hydrogen) atoms. The molecule has 0 aliphatic carbocycles. The van der Waals surface area contributed by atoms with Gasteiger partial charge in [-0.1, -0.05) is 57.5 Å². The molecule has 0 bridgehead atoms. The van der Waals surface area contributed by atoms with E-state index in [0.29, 0.717) is 18.0 Å². The maximum Gasteiger partial charge on any atom is 0.0478 e. The maximum absolute atomic E-state index is 3.58. The third kappa shape index (κ3) is 4.08. The van der Waals surface area contributed by atoms with Crippen LogP contribution in [0.25, 0.3) is 0 Å². The van der Waals surface area contributed by atoms with E-state index in [-0.39, 0.29) is 0 Å². The van der Waals surface area contributed by atoms with Crippen LogP contribution in [-0.4, -0.2) is 31.1 Å². The van der Waals surface area contributed by atoms with Gasteiger partial charge in [0.25, 0.3) is 0 Å². The molecule has 0 radical (unpaired) electrons. The Morgan fingerprint density at radius 3 is 2.52 bits per heavy atom. The quantitative estimate of drug-likeness (QED) is 0.813. The third-order valence-electron chi connectivity index (χ3n) is 4.93. The number of nitrogens with zero attached hydrogens (tertiary/aromatic N) is 1. The Balaban J connectivity index is 2.14. The molecule has 1 aliphatic rings. The van der Waals surface area contributed by atoms with Gasteiger partial charge in [0.1, 0.15) is 0 Å². The second-order valence-electron chi connectivity index (χ2n) is 6.85. The van der Waals surface area contributed by atoms with Crippen LogP contribution in [0, 0.1) is 11.8 Å². The van der Waals surface area contributed by atoms with Crippen LogP contribution in [-0.2, 0) is 0 Å². The molecule has 0 saturated carbocycles. The van der Waals surface area contributed by atoms with Crippen LogP contribution in [0.3, 0.4) is 0 Å². The highest BCUT2D eigenvalue weighted by Crippen LogP contribution is 2.32. The fourth-order valence-electron chi connectivity index (χ4n) is 3.99. The van der Waals surface area contributed by atoms with Gasteiger partial charge in [0, 0.05) is 18.6 Å². The van der Waals surface area contributed by atoms with E-state index in [2.05, 4.69) is 68.4 Å². The third-order valence-corrected chi connectivity index (χ3v) is 4.93. The van der Waals surface area contributed by atoms with Crippen molar-refractivity contribution in [2.45, 2.75) is 52.1 Å². The first-order chi connectivity index (χ1) is 10.2. The summed E-state index contributed by atoms with van der Waals surface area (Å²) in [6.07, 6.45) is 4.08. The smallest absolute Gasteiger partial charge is 0.0478 e. The largest absolute Gasteiger partial charge is 0.312 e. The van der Waals surface area contributed by atoms with Crippen LogP contribution in [0.5, 0.6) is 0 Å². The van der Waals surface area contributed by atoms with E-state index in [1.165, 1.54) is 37.9 Å². The average Bonchev–Trinajstić information content (AvgIpc) is 2.93. The Hall–Kier alpha value is -0.860. The highest BCUT2D eigenvalue weighted by atomic mass is 15.2. The zero-order chi connectivity index (χ0) is 15.2. The van der Waals surface area contributed by atoms with Crippen molar-refractivity contribution in [3.63, 3.8) is 0 Å². The normalized spacial score (nSPS) is 22.6. The highest BCUT2D eigenvalue weighted by molar-refractivity contribution is 5.21. The number of hydrogen-bond donors (Lipinski definition) is 1. The van der Waals surface area contributed by atoms with Crippen molar-refractivity contribution in [3.05, 3.63) is 35.9 Å². The molecular formula is C19H32N2. The Kier molecular flexibility index (Phi) is 6.25. The molecular weight excluding hydrogens is 256 g/mol. The summed E-state index contributed by atoms with van der Waals surface area (Å²) in [6.45, 7) is 9.58. The summed E-state index contributed by atoms with van der Waals surface area (Å²) >= 11 is 0. The van der Waals surface area contributed by atoms with Gasteiger partial charge in [0.2, 0.25) is 0 Å². The van der Waals surface area contributed by atoms with Crippen molar-refractivity contribution in [2.75, 3.05) is 20.1 Å². The zero-order valence-electron chi connectivity index (χ0n) is 14.2. The van der Waals surface area contributed by atoms with Crippen molar-refractivity contribution in [2.24, 2.45) is 11.8 Å². The van der Waals surface area contributed by atoms with Crippen LogP contribution < -0.4 is 5.32 Å². The van der Waals surface area contributed by atoms with Crippen LogP contribution >= 0.6 is 0 Å². The van der Waals surface area contributed by atoms with E-state index in [0.717, 1.165) is 5.92 Å².